The fourth-order valence-electron chi connectivity index (χ4n) is 4.22. The number of hydrogen-bond donors (Lipinski definition) is 2. The zero-order valence-corrected chi connectivity index (χ0v) is 16.4. The van der Waals surface area contributed by atoms with Crippen LogP contribution in [-0.2, 0) is 11.3 Å². The molecular weight excluding hydrogens is 356 g/mol. The molecule has 0 radical (unpaired) electrons. The molecule has 7 nitrogen and oxygen atoms in total. The van der Waals surface area contributed by atoms with Crippen molar-refractivity contribution in [2.45, 2.75) is 52.5 Å². The molecule has 2 aromatic rings. The molecule has 1 aliphatic carbocycles. The quantitative estimate of drug-likeness (QED) is 0.832. The van der Waals surface area contributed by atoms with Crippen molar-refractivity contribution in [2.75, 3.05) is 6.54 Å². The minimum atomic E-state index is -0.226. The Hall–Kier alpha value is -2.83. The Kier molecular flexibility index (Phi) is 4.83. The molecule has 1 fully saturated rings. The van der Waals surface area contributed by atoms with Gasteiger partial charge >= 0.3 is 0 Å². The number of allylic oxidation sites excluding steroid dienone is 1. The SMILES string of the molecule is Cc1cc(C)n(Cc2ccc(C(=O)NCC34CCCC=C3NC(=O)CC4)o2)n1. The molecule has 1 unspecified atom stereocenters. The second-order valence-corrected chi connectivity index (χ2v) is 7.87. The summed E-state index contributed by atoms with van der Waals surface area (Å²) in [6, 6.07) is 5.53. The van der Waals surface area contributed by atoms with Crippen LogP contribution in [0.5, 0.6) is 0 Å². The van der Waals surface area contributed by atoms with Gasteiger partial charge in [0.05, 0.1) is 12.2 Å². The van der Waals surface area contributed by atoms with E-state index >= 15 is 0 Å². The number of fused-ring (bicyclic) bond motifs is 1. The van der Waals surface area contributed by atoms with Gasteiger partial charge in [0.25, 0.3) is 5.91 Å². The van der Waals surface area contributed by atoms with Gasteiger partial charge in [0.1, 0.15) is 5.76 Å². The molecule has 28 heavy (non-hydrogen) atoms. The van der Waals surface area contributed by atoms with Crippen LogP contribution >= 0.6 is 0 Å². The molecule has 148 valence electrons. The standard InChI is InChI=1S/C21H26N4O3/c1-14-11-15(2)25(24-14)12-16-6-7-17(28-16)20(27)22-13-21-9-4-3-5-18(21)23-19(26)8-10-21/h5-7,11H,3-4,8-10,12-13H2,1-2H3,(H,22,27)(H,23,26). The Balaban J connectivity index is 1.41. The largest absolute Gasteiger partial charge is 0.454 e. The van der Waals surface area contributed by atoms with Crippen molar-refractivity contribution in [3.05, 3.63) is 52.9 Å². The summed E-state index contributed by atoms with van der Waals surface area (Å²) < 4.78 is 7.61. The Morgan fingerprint density at radius 2 is 2.21 bits per heavy atom. The Morgan fingerprint density at radius 1 is 1.36 bits per heavy atom. The number of piperidine rings is 1. The van der Waals surface area contributed by atoms with E-state index < -0.39 is 0 Å². The minimum Gasteiger partial charge on any atom is -0.454 e. The summed E-state index contributed by atoms with van der Waals surface area (Å²) in [5.74, 6) is 0.831. The van der Waals surface area contributed by atoms with Gasteiger partial charge in [-0.3, -0.25) is 14.3 Å². The molecule has 0 saturated carbocycles. The highest BCUT2D eigenvalue weighted by Gasteiger charge is 2.40. The lowest BCUT2D eigenvalue weighted by Crippen LogP contribution is -2.48. The molecule has 1 saturated heterocycles. The number of carbonyl (C=O) groups excluding carboxylic acids is 2. The van der Waals surface area contributed by atoms with E-state index in [2.05, 4.69) is 21.8 Å². The molecule has 2 amide bonds. The lowest BCUT2D eigenvalue weighted by molar-refractivity contribution is -0.122. The first-order valence-corrected chi connectivity index (χ1v) is 9.84. The predicted octanol–water partition coefficient (Wildman–Crippen LogP) is 2.84. The van der Waals surface area contributed by atoms with E-state index in [1.807, 2.05) is 30.7 Å². The zero-order chi connectivity index (χ0) is 19.7. The summed E-state index contributed by atoms with van der Waals surface area (Å²) in [5, 5.41) is 10.4. The van der Waals surface area contributed by atoms with Crippen LogP contribution in [0.1, 0.15) is 59.8 Å². The topological polar surface area (TPSA) is 89.2 Å². The molecule has 0 bridgehead atoms. The number of rotatable bonds is 5. The third kappa shape index (κ3) is 3.61. The van der Waals surface area contributed by atoms with Gasteiger partial charge in [-0.2, -0.15) is 5.10 Å². The molecule has 0 spiro atoms. The lowest BCUT2D eigenvalue weighted by Gasteiger charge is -2.42. The highest BCUT2D eigenvalue weighted by atomic mass is 16.4. The maximum absolute atomic E-state index is 12.6. The highest BCUT2D eigenvalue weighted by Crippen LogP contribution is 2.42. The van der Waals surface area contributed by atoms with Gasteiger partial charge in [0.2, 0.25) is 5.91 Å². The first-order chi connectivity index (χ1) is 13.4. The van der Waals surface area contributed by atoms with Crippen LogP contribution in [0.3, 0.4) is 0 Å². The number of nitrogens with zero attached hydrogens (tertiary/aromatic N) is 2. The fraction of sp³-hybridized carbons (Fsp3) is 0.476. The maximum Gasteiger partial charge on any atom is 0.287 e. The Labute approximate surface area is 164 Å². The van der Waals surface area contributed by atoms with E-state index in [1.54, 1.807) is 6.07 Å². The van der Waals surface area contributed by atoms with E-state index in [9.17, 15) is 9.59 Å². The summed E-state index contributed by atoms with van der Waals surface area (Å²) in [6.07, 6.45) is 6.39. The molecule has 4 rings (SSSR count). The number of hydrogen-bond acceptors (Lipinski definition) is 4. The van der Waals surface area contributed by atoms with E-state index in [0.29, 0.717) is 31.0 Å². The van der Waals surface area contributed by atoms with Crippen molar-refractivity contribution in [2.24, 2.45) is 5.41 Å². The lowest BCUT2D eigenvalue weighted by atomic mass is 9.70. The van der Waals surface area contributed by atoms with Crippen LogP contribution in [0.2, 0.25) is 0 Å². The van der Waals surface area contributed by atoms with Gasteiger partial charge in [-0.15, -0.1) is 0 Å². The van der Waals surface area contributed by atoms with Crippen LogP contribution in [0.15, 0.2) is 34.4 Å². The number of nitrogens with one attached hydrogen (secondary N) is 2. The molecule has 2 aromatic heterocycles. The molecule has 7 heteroatoms. The van der Waals surface area contributed by atoms with E-state index in [-0.39, 0.29) is 17.2 Å². The average Bonchev–Trinajstić information content (AvgIpc) is 3.26. The van der Waals surface area contributed by atoms with Gasteiger partial charge in [-0.1, -0.05) is 6.08 Å². The van der Waals surface area contributed by atoms with Gasteiger partial charge in [0, 0.05) is 29.8 Å². The van der Waals surface area contributed by atoms with E-state index in [0.717, 1.165) is 42.8 Å². The number of carbonyl (C=O) groups is 2. The Bertz CT molecular complexity index is 939. The third-order valence-corrected chi connectivity index (χ3v) is 5.77. The third-order valence-electron chi connectivity index (χ3n) is 5.77. The zero-order valence-electron chi connectivity index (χ0n) is 16.4. The molecule has 1 atom stereocenters. The van der Waals surface area contributed by atoms with Gasteiger partial charge in [-0.05, 0) is 57.7 Å². The monoisotopic (exact) mass is 382 g/mol. The number of furan rings is 1. The summed E-state index contributed by atoms with van der Waals surface area (Å²) in [7, 11) is 0. The summed E-state index contributed by atoms with van der Waals surface area (Å²) in [5.41, 5.74) is 2.81. The average molecular weight is 382 g/mol. The van der Waals surface area contributed by atoms with Crippen LogP contribution in [0.4, 0.5) is 0 Å². The van der Waals surface area contributed by atoms with Crippen LogP contribution in [0, 0.1) is 19.3 Å². The van der Waals surface area contributed by atoms with Gasteiger partial charge in [-0.25, -0.2) is 0 Å². The first-order valence-electron chi connectivity index (χ1n) is 9.84. The predicted molar refractivity (Wildman–Crippen MR) is 104 cm³/mol. The van der Waals surface area contributed by atoms with Crippen molar-refractivity contribution in [3.8, 4) is 0 Å². The maximum atomic E-state index is 12.6. The fourth-order valence-corrected chi connectivity index (χ4v) is 4.22. The van der Waals surface area contributed by atoms with E-state index in [4.69, 9.17) is 4.42 Å². The van der Waals surface area contributed by atoms with Crippen LogP contribution < -0.4 is 10.6 Å². The number of aryl methyl sites for hydroxylation is 2. The molecule has 0 aromatic carbocycles. The molecule has 1 aliphatic heterocycles. The molecule has 3 heterocycles. The normalized spacial score (nSPS) is 21.6. The summed E-state index contributed by atoms with van der Waals surface area (Å²) in [4.78, 5) is 24.4. The molecule has 2 N–H and O–H groups in total. The van der Waals surface area contributed by atoms with Gasteiger partial charge < -0.3 is 15.1 Å². The molecule has 2 aliphatic rings. The first kappa shape index (κ1) is 18.5. The van der Waals surface area contributed by atoms with Crippen molar-refractivity contribution < 1.29 is 14.0 Å². The van der Waals surface area contributed by atoms with Crippen molar-refractivity contribution >= 4 is 11.8 Å². The summed E-state index contributed by atoms with van der Waals surface area (Å²) in [6.45, 7) is 4.95. The summed E-state index contributed by atoms with van der Waals surface area (Å²) >= 11 is 0. The second kappa shape index (κ2) is 7.30. The van der Waals surface area contributed by atoms with Crippen molar-refractivity contribution in [1.29, 1.82) is 0 Å². The highest BCUT2D eigenvalue weighted by molar-refractivity contribution is 5.91. The number of amides is 2. The van der Waals surface area contributed by atoms with Crippen LogP contribution in [-0.4, -0.2) is 28.1 Å². The second-order valence-electron chi connectivity index (χ2n) is 7.87. The van der Waals surface area contributed by atoms with Crippen LogP contribution in [0.25, 0.3) is 0 Å². The van der Waals surface area contributed by atoms with Gasteiger partial charge in [0.15, 0.2) is 5.76 Å². The van der Waals surface area contributed by atoms with E-state index in [1.165, 1.54) is 0 Å². The van der Waals surface area contributed by atoms with Crippen molar-refractivity contribution in [3.63, 3.8) is 0 Å². The molecular formula is C21H26N4O3. The Morgan fingerprint density at radius 3 is 3.00 bits per heavy atom. The minimum absolute atomic E-state index is 0.0647. The van der Waals surface area contributed by atoms with Crippen molar-refractivity contribution in [1.82, 2.24) is 20.4 Å². The smallest absolute Gasteiger partial charge is 0.287 e. The number of aromatic nitrogens is 2.